The van der Waals surface area contributed by atoms with E-state index in [9.17, 15) is 4.79 Å². The number of hydrogen-bond acceptors (Lipinski definition) is 5. The van der Waals surface area contributed by atoms with Crippen molar-refractivity contribution in [2.24, 2.45) is 5.92 Å². The Balaban J connectivity index is 1.38. The van der Waals surface area contributed by atoms with Crippen molar-refractivity contribution >= 4 is 22.4 Å². The maximum atomic E-state index is 11.9. The fourth-order valence-corrected chi connectivity index (χ4v) is 3.83. The molecule has 2 aliphatic carbocycles. The quantitative estimate of drug-likeness (QED) is 0.921. The van der Waals surface area contributed by atoms with Crippen LogP contribution < -0.4 is 10.2 Å². The van der Waals surface area contributed by atoms with Crippen molar-refractivity contribution in [3.05, 3.63) is 5.01 Å². The lowest BCUT2D eigenvalue weighted by atomic mass is 10.1. The molecule has 0 spiro atoms. The van der Waals surface area contributed by atoms with Crippen LogP contribution >= 0.6 is 11.3 Å². The Bertz CT molecular complexity index is 509. The summed E-state index contributed by atoms with van der Waals surface area (Å²) in [5.74, 6) is 1.23. The van der Waals surface area contributed by atoms with E-state index in [-0.39, 0.29) is 11.9 Å². The predicted octanol–water partition coefficient (Wildman–Crippen LogP) is 1.91. The minimum Gasteiger partial charge on any atom is -0.351 e. The minimum absolute atomic E-state index is 0.257. The number of rotatable bonds is 4. The third kappa shape index (κ3) is 2.66. The molecule has 20 heavy (non-hydrogen) atoms. The van der Waals surface area contributed by atoms with E-state index in [4.69, 9.17) is 0 Å². The number of aromatic nitrogens is 2. The number of amides is 1. The summed E-state index contributed by atoms with van der Waals surface area (Å²) in [6.45, 7) is 1.92. The van der Waals surface area contributed by atoms with Crippen LogP contribution in [0.3, 0.4) is 0 Å². The largest absolute Gasteiger partial charge is 0.351 e. The van der Waals surface area contributed by atoms with Gasteiger partial charge in [-0.15, -0.1) is 10.2 Å². The molecule has 1 amide bonds. The van der Waals surface area contributed by atoms with Crippen molar-refractivity contribution in [3.8, 4) is 0 Å². The van der Waals surface area contributed by atoms with Gasteiger partial charge < -0.3 is 10.2 Å². The zero-order chi connectivity index (χ0) is 13.5. The van der Waals surface area contributed by atoms with Crippen molar-refractivity contribution in [1.82, 2.24) is 15.5 Å². The van der Waals surface area contributed by atoms with Gasteiger partial charge in [0, 0.05) is 31.0 Å². The molecule has 2 saturated carbocycles. The maximum Gasteiger partial charge on any atom is 0.223 e. The molecule has 6 heteroatoms. The Morgan fingerprint density at radius 3 is 2.80 bits per heavy atom. The second-order valence-corrected chi connectivity index (χ2v) is 7.25. The van der Waals surface area contributed by atoms with Crippen LogP contribution in [0, 0.1) is 5.92 Å². The molecule has 1 N–H and O–H groups in total. The average molecular weight is 292 g/mol. The molecule has 2 heterocycles. The normalized spacial score (nSPS) is 26.6. The second kappa shape index (κ2) is 4.98. The highest BCUT2D eigenvalue weighted by atomic mass is 32.1. The first kappa shape index (κ1) is 12.6. The number of piperidine rings is 1. The molecular formula is C14H20N4OS. The molecule has 1 atom stereocenters. The molecule has 5 nitrogen and oxygen atoms in total. The van der Waals surface area contributed by atoms with Gasteiger partial charge in [0.25, 0.3) is 0 Å². The Morgan fingerprint density at radius 2 is 2.05 bits per heavy atom. The molecule has 0 aromatic carbocycles. The number of anilines is 1. The van der Waals surface area contributed by atoms with Gasteiger partial charge in [-0.1, -0.05) is 11.3 Å². The number of nitrogens with zero attached hydrogens (tertiary/aromatic N) is 3. The van der Waals surface area contributed by atoms with Crippen molar-refractivity contribution in [2.45, 2.75) is 50.5 Å². The lowest BCUT2D eigenvalue weighted by Crippen LogP contribution is -2.48. The Labute approximate surface area is 122 Å². The van der Waals surface area contributed by atoms with E-state index in [0.29, 0.717) is 11.8 Å². The third-order valence-electron chi connectivity index (χ3n) is 4.34. The van der Waals surface area contributed by atoms with Crippen molar-refractivity contribution in [1.29, 1.82) is 0 Å². The molecule has 1 aromatic heterocycles. The van der Waals surface area contributed by atoms with Gasteiger partial charge in [-0.25, -0.2) is 0 Å². The summed E-state index contributed by atoms with van der Waals surface area (Å²) in [7, 11) is 0. The average Bonchev–Trinajstić information content (AvgIpc) is 3.37. The molecule has 4 rings (SSSR count). The number of hydrogen-bond donors (Lipinski definition) is 1. The van der Waals surface area contributed by atoms with Gasteiger partial charge in [0.15, 0.2) is 0 Å². The highest BCUT2D eigenvalue weighted by Gasteiger charge is 2.33. The van der Waals surface area contributed by atoms with Crippen molar-refractivity contribution < 1.29 is 4.79 Å². The fourth-order valence-electron chi connectivity index (χ4n) is 2.78. The van der Waals surface area contributed by atoms with E-state index in [1.165, 1.54) is 17.8 Å². The smallest absolute Gasteiger partial charge is 0.223 e. The van der Waals surface area contributed by atoms with Gasteiger partial charge in [-0.3, -0.25) is 4.79 Å². The highest BCUT2D eigenvalue weighted by molar-refractivity contribution is 7.15. The van der Waals surface area contributed by atoms with Crippen LogP contribution in [0.2, 0.25) is 0 Å². The van der Waals surface area contributed by atoms with Crippen LogP contribution in [0.25, 0.3) is 0 Å². The van der Waals surface area contributed by atoms with Crippen LogP contribution in [0.15, 0.2) is 0 Å². The third-order valence-corrected chi connectivity index (χ3v) is 5.49. The van der Waals surface area contributed by atoms with Crippen LogP contribution in [0.4, 0.5) is 5.13 Å². The second-order valence-electron chi connectivity index (χ2n) is 6.27. The van der Waals surface area contributed by atoms with Gasteiger partial charge in [0.2, 0.25) is 11.0 Å². The molecule has 1 unspecified atom stereocenters. The minimum atomic E-state index is 0.257. The first-order chi connectivity index (χ1) is 9.79. The predicted molar refractivity (Wildman–Crippen MR) is 78.0 cm³/mol. The Kier molecular flexibility index (Phi) is 3.13. The number of carbonyl (C=O) groups excluding carboxylic acids is 1. The zero-order valence-electron chi connectivity index (χ0n) is 11.5. The number of nitrogens with one attached hydrogen (secondary N) is 1. The van der Waals surface area contributed by atoms with Gasteiger partial charge >= 0.3 is 0 Å². The van der Waals surface area contributed by atoms with Crippen molar-refractivity contribution in [3.63, 3.8) is 0 Å². The van der Waals surface area contributed by atoms with Crippen LogP contribution in [0.1, 0.15) is 49.5 Å². The maximum absolute atomic E-state index is 11.9. The van der Waals surface area contributed by atoms with E-state index in [0.717, 1.165) is 43.9 Å². The number of carbonyl (C=O) groups is 1. The molecule has 1 aliphatic heterocycles. The summed E-state index contributed by atoms with van der Waals surface area (Å²) in [5.41, 5.74) is 0. The van der Waals surface area contributed by atoms with Crippen LogP contribution in [0.5, 0.6) is 0 Å². The summed E-state index contributed by atoms with van der Waals surface area (Å²) in [6, 6.07) is 0.283. The Hall–Kier alpha value is -1.17. The van der Waals surface area contributed by atoms with Crippen LogP contribution in [-0.2, 0) is 4.79 Å². The van der Waals surface area contributed by atoms with E-state index >= 15 is 0 Å². The highest BCUT2D eigenvalue weighted by Crippen LogP contribution is 2.42. The van der Waals surface area contributed by atoms with E-state index in [2.05, 4.69) is 20.4 Å². The van der Waals surface area contributed by atoms with Gasteiger partial charge in [0.05, 0.1) is 0 Å². The molecule has 0 radical (unpaired) electrons. The SMILES string of the molecule is O=C(NC1CCCN(c2nnc(C3CC3)s2)C1)C1CC1. The summed E-state index contributed by atoms with van der Waals surface area (Å²) in [4.78, 5) is 14.2. The topological polar surface area (TPSA) is 58.1 Å². The van der Waals surface area contributed by atoms with Gasteiger partial charge in [-0.2, -0.15) is 0 Å². The van der Waals surface area contributed by atoms with E-state index in [1.807, 2.05) is 0 Å². The summed E-state index contributed by atoms with van der Waals surface area (Å²) in [5, 5.41) is 14.1. The molecule has 108 valence electrons. The first-order valence-corrected chi connectivity index (χ1v) is 8.50. The monoisotopic (exact) mass is 292 g/mol. The lowest BCUT2D eigenvalue weighted by molar-refractivity contribution is -0.123. The summed E-state index contributed by atoms with van der Waals surface area (Å²) >= 11 is 1.74. The standard InChI is InChI=1S/C14H20N4OS/c19-12(9-3-4-9)15-11-2-1-7-18(8-11)14-17-16-13(20-14)10-5-6-10/h9-11H,1-8H2,(H,15,19). The molecule has 0 bridgehead atoms. The molecular weight excluding hydrogens is 272 g/mol. The van der Waals surface area contributed by atoms with Crippen LogP contribution in [-0.4, -0.2) is 35.2 Å². The van der Waals surface area contributed by atoms with E-state index < -0.39 is 0 Å². The van der Waals surface area contributed by atoms with Gasteiger partial charge in [0.1, 0.15) is 5.01 Å². The summed E-state index contributed by atoms with van der Waals surface area (Å²) in [6.07, 6.45) is 6.90. The Morgan fingerprint density at radius 1 is 1.20 bits per heavy atom. The molecule has 1 saturated heterocycles. The first-order valence-electron chi connectivity index (χ1n) is 7.68. The van der Waals surface area contributed by atoms with Crippen molar-refractivity contribution in [2.75, 3.05) is 18.0 Å². The molecule has 3 aliphatic rings. The molecule has 1 aromatic rings. The lowest BCUT2D eigenvalue weighted by Gasteiger charge is -2.32. The summed E-state index contributed by atoms with van der Waals surface area (Å²) < 4.78 is 0. The van der Waals surface area contributed by atoms with Gasteiger partial charge in [-0.05, 0) is 38.5 Å². The molecule has 3 fully saturated rings. The van der Waals surface area contributed by atoms with E-state index in [1.54, 1.807) is 11.3 Å². The fraction of sp³-hybridized carbons (Fsp3) is 0.786. The zero-order valence-corrected chi connectivity index (χ0v) is 12.4.